The van der Waals surface area contributed by atoms with E-state index in [1.54, 1.807) is 0 Å². The predicted octanol–water partition coefficient (Wildman–Crippen LogP) is -1.54. The summed E-state index contributed by atoms with van der Waals surface area (Å²) in [6.07, 6.45) is -0.699. The van der Waals surface area contributed by atoms with Crippen LogP contribution in [0.5, 0.6) is 11.5 Å². The third-order valence-corrected chi connectivity index (χ3v) is 4.76. The quantitative estimate of drug-likeness (QED) is 0.245. The molecule has 0 saturated heterocycles. The summed E-state index contributed by atoms with van der Waals surface area (Å²) in [5.41, 5.74) is 9.38. The Kier molecular flexibility index (Phi) is 11.9. The molecule has 192 valence electrons. The van der Waals surface area contributed by atoms with Crippen LogP contribution in [0.15, 0.2) is 48.5 Å². The lowest BCUT2D eigenvalue weighted by Gasteiger charge is -2.35. The highest BCUT2D eigenvalue weighted by Crippen LogP contribution is 2.13. The molecule has 2 rings (SSSR count). The Balaban J connectivity index is 0.00000104. The molecule has 2 atom stereocenters. The van der Waals surface area contributed by atoms with Crippen LogP contribution in [0.1, 0.15) is 20.8 Å². The van der Waals surface area contributed by atoms with Crippen molar-refractivity contribution in [2.45, 2.75) is 38.5 Å². The largest absolute Gasteiger partial charge is 0.748 e. The number of aliphatic hydroxyl groups excluding tert-OH is 2. The van der Waals surface area contributed by atoms with E-state index in [1.807, 2.05) is 48.5 Å². The summed E-state index contributed by atoms with van der Waals surface area (Å²) in [4.78, 5) is 1.07. The number of hydrogen-bond acceptors (Lipinski definition) is 7. The summed E-state index contributed by atoms with van der Waals surface area (Å²) in [6.45, 7) is 7.57. The molecule has 0 aromatic heterocycles. The van der Waals surface area contributed by atoms with Gasteiger partial charge >= 0.3 is 0 Å². The SMILES string of the molecule is CC(C)(C)[NH+](CC(O)COc1ccc([NH3+])cc1)CC(O)COc1ccc([NH3+])cc1.CS(=O)(=O)[O-]. The molecule has 2 aromatic rings. The van der Waals surface area contributed by atoms with Crippen molar-refractivity contribution >= 4 is 21.5 Å². The highest BCUT2D eigenvalue weighted by molar-refractivity contribution is 7.84. The first kappa shape index (κ1) is 29.8. The predicted molar refractivity (Wildman–Crippen MR) is 127 cm³/mol. The number of aliphatic hydroxyl groups is 2. The Labute approximate surface area is 201 Å². The van der Waals surface area contributed by atoms with Crippen molar-refractivity contribution in [1.29, 1.82) is 0 Å². The van der Waals surface area contributed by atoms with Crippen LogP contribution in [-0.4, -0.2) is 73.5 Å². The molecule has 0 bridgehead atoms. The first-order valence-electron chi connectivity index (χ1n) is 10.9. The normalized spacial score (nSPS) is 14.4. The highest BCUT2D eigenvalue weighted by atomic mass is 32.2. The van der Waals surface area contributed by atoms with Crippen LogP contribution >= 0.6 is 0 Å². The van der Waals surface area contributed by atoms with E-state index in [9.17, 15) is 10.2 Å². The van der Waals surface area contributed by atoms with Gasteiger partial charge < -0.3 is 40.6 Å². The van der Waals surface area contributed by atoms with Crippen molar-refractivity contribution < 1.29 is 49.0 Å². The van der Waals surface area contributed by atoms with Crippen LogP contribution in [0.3, 0.4) is 0 Å². The Morgan fingerprint density at radius 1 is 0.853 bits per heavy atom. The summed E-state index contributed by atoms with van der Waals surface area (Å²) in [5.74, 6) is 1.41. The van der Waals surface area contributed by atoms with E-state index >= 15 is 0 Å². The Bertz CT molecular complexity index is 881. The first-order valence-corrected chi connectivity index (χ1v) is 12.7. The third-order valence-electron chi connectivity index (χ3n) is 4.76. The van der Waals surface area contributed by atoms with Crippen LogP contribution in [0.25, 0.3) is 0 Å². The lowest BCUT2D eigenvalue weighted by atomic mass is 10.0. The van der Waals surface area contributed by atoms with E-state index in [2.05, 4.69) is 32.2 Å². The molecule has 0 radical (unpaired) electrons. The number of hydrogen-bond donors (Lipinski definition) is 5. The van der Waals surface area contributed by atoms with Crippen LogP contribution in [-0.2, 0) is 10.1 Å². The maximum atomic E-state index is 10.5. The number of quaternary nitrogens is 3. The zero-order valence-corrected chi connectivity index (χ0v) is 21.2. The van der Waals surface area contributed by atoms with Crippen molar-refractivity contribution in [3.63, 3.8) is 0 Å². The van der Waals surface area contributed by atoms with Crippen LogP contribution in [0, 0.1) is 0 Å². The number of benzene rings is 2. The van der Waals surface area contributed by atoms with Crippen LogP contribution < -0.4 is 25.8 Å². The summed E-state index contributed by atoms with van der Waals surface area (Å²) in [7, 11) is -3.92. The molecule has 0 spiro atoms. The Morgan fingerprint density at radius 2 is 1.15 bits per heavy atom. The Hall–Kier alpha value is -2.25. The van der Waals surface area contributed by atoms with Gasteiger partial charge in [-0.25, -0.2) is 8.42 Å². The van der Waals surface area contributed by atoms with Gasteiger partial charge in [0.05, 0.1) is 15.7 Å². The zero-order valence-electron chi connectivity index (χ0n) is 20.4. The maximum absolute atomic E-state index is 10.5. The van der Waals surface area contributed by atoms with Gasteiger partial charge in [-0.3, -0.25) is 0 Å². The lowest BCUT2D eigenvalue weighted by Crippen LogP contribution is -3.20. The fourth-order valence-corrected chi connectivity index (χ4v) is 2.94. The smallest absolute Gasteiger partial charge is 0.137 e. The Morgan fingerprint density at radius 3 is 1.41 bits per heavy atom. The van der Waals surface area contributed by atoms with E-state index < -0.39 is 22.3 Å². The van der Waals surface area contributed by atoms with Gasteiger partial charge in [0.2, 0.25) is 0 Å². The average molecular weight is 502 g/mol. The van der Waals surface area contributed by atoms with Gasteiger partial charge in [-0.2, -0.15) is 0 Å². The fraction of sp³-hybridized carbons (Fsp3) is 0.478. The van der Waals surface area contributed by atoms with Crippen LogP contribution in [0.4, 0.5) is 11.4 Å². The molecule has 0 saturated carbocycles. The van der Waals surface area contributed by atoms with Crippen molar-refractivity contribution in [3.8, 4) is 11.5 Å². The fourth-order valence-electron chi connectivity index (χ4n) is 2.94. The van der Waals surface area contributed by atoms with E-state index in [1.165, 1.54) is 0 Å². The average Bonchev–Trinajstić information content (AvgIpc) is 2.70. The maximum Gasteiger partial charge on any atom is 0.137 e. The molecule has 0 amide bonds. The van der Waals surface area contributed by atoms with E-state index in [0.29, 0.717) is 30.8 Å². The summed E-state index contributed by atoms with van der Waals surface area (Å²) >= 11 is 0. The number of nitrogens with one attached hydrogen (secondary N) is 1. The van der Waals surface area contributed by atoms with Gasteiger partial charge in [0.25, 0.3) is 0 Å². The van der Waals surface area contributed by atoms with Crippen molar-refractivity contribution in [1.82, 2.24) is 0 Å². The second kappa shape index (κ2) is 13.6. The third kappa shape index (κ3) is 14.1. The van der Waals surface area contributed by atoms with Gasteiger partial charge in [-0.05, 0) is 45.0 Å². The molecule has 0 heterocycles. The van der Waals surface area contributed by atoms with Gasteiger partial charge in [0.1, 0.15) is 61.4 Å². The van der Waals surface area contributed by atoms with Crippen molar-refractivity contribution in [2.24, 2.45) is 0 Å². The lowest BCUT2D eigenvalue weighted by molar-refractivity contribution is -0.952. The zero-order chi connectivity index (χ0) is 25.9. The molecule has 9 N–H and O–H groups in total. The molecule has 0 fully saturated rings. The molecule has 0 aliphatic rings. The number of ether oxygens (including phenoxy) is 2. The molecule has 34 heavy (non-hydrogen) atoms. The summed E-state index contributed by atoms with van der Waals surface area (Å²) < 4.78 is 38.6. The van der Waals surface area contributed by atoms with Crippen molar-refractivity contribution in [2.75, 3.05) is 32.6 Å². The number of rotatable bonds is 10. The van der Waals surface area contributed by atoms with Gasteiger partial charge in [-0.15, -0.1) is 0 Å². The van der Waals surface area contributed by atoms with E-state index in [0.717, 1.165) is 16.3 Å². The topological polar surface area (TPSA) is 176 Å². The molecule has 2 unspecified atom stereocenters. The summed E-state index contributed by atoms with van der Waals surface area (Å²) in [5, 5.41) is 20.9. The second-order valence-electron chi connectivity index (χ2n) is 9.18. The van der Waals surface area contributed by atoms with Gasteiger partial charge in [0, 0.05) is 30.5 Å². The molecule has 2 aromatic carbocycles. The summed E-state index contributed by atoms with van der Waals surface area (Å²) in [6, 6.07) is 14.8. The highest BCUT2D eigenvalue weighted by Gasteiger charge is 2.30. The molecule has 10 nitrogen and oxygen atoms in total. The molecular formula is C23H39N3O7S+2. The second-order valence-corrected chi connectivity index (χ2v) is 10.6. The monoisotopic (exact) mass is 501 g/mol. The molecule has 0 aliphatic heterocycles. The first-order chi connectivity index (χ1) is 15.6. The standard InChI is InChI=1S/C22H33N3O4.CH4O3S/c1-22(2,3)25(12-18(26)14-28-20-8-4-16(23)5-9-20)13-19(27)15-29-21-10-6-17(24)7-11-21;1-5(2,3)4/h4-11,18-19,26-27H,12-15,23-24H2,1-3H3;1H3,(H,2,3,4)/p+2. The van der Waals surface area contributed by atoms with E-state index in [4.69, 9.17) is 22.4 Å². The van der Waals surface area contributed by atoms with Crippen LogP contribution in [0.2, 0.25) is 0 Å². The minimum absolute atomic E-state index is 0.146. The van der Waals surface area contributed by atoms with Gasteiger partial charge in [-0.1, -0.05) is 0 Å². The molecular weight excluding hydrogens is 462 g/mol. The molecule has 11 heteroatoms. The van der Waals surface area contributed by atoms with Gasteiger partial charge in [0.15, 0.2) is 0 Å². The minimum atomic E-state index is -3.92. The van der Waals surface area contributed by atoms with E-state index in [-0.39, 0.29) is 18.8 Å². The minimum Gasteiger partial charge on any atom is -0.748 e. The van der Waals surface area contributed by atoms with Crippen molar-refractivity contribution in [3.05, 3.63) is 48.5 Å². The molecule has 0 aliphatic carbocycles.